The molecule has 212 valence electrons. The minimum atomic E-state index is -0.591. The van der Waals surface area contributed by atoms with Crippen molar-refractivity contribution in [1.82, 2.24) is 35.0 Å². The van der Waals surface area contributed by atoms with Crippen LogP contribution < -0.4 is 10.6 Å². The Bertz CT molecular complexity index is 1650. The van der Waals surface area contributed by atoms with Gasteiger partial charge in [0, 0.05) is 31.0 Å². The maximum Gasteiger partial charge on any atom is 0.407 e. The lowest BCUT2D eigenvalue weighted by atomic mass is 10.1. The molecule has 0 saturated carbocycles. The van der Waals surface area contributed by atoms with Crippen molar-refractivity contribution < 1.29 is 14.3 Å². The molecule has 41 heavy (non-hydrogen) atoms. The highest BCUT2D eigenvalue weighted by atomic mass is 32.1. The Morgan fingerprint density at radius 3 is 2.73 bits per heavy atom. The van der Waals surface area contributed by atoms with Crippen LogP contribution in [0.15, 0.2) is 36.7 Å². The Kier molecular flexibility index (Phi) is 7.59. The van der Waals surface area contributed by atoms with Crippen LogP contribution >= 0.6 is 11.3 Å². The lowest BCUT2D eigenvalue weighted by Crippen LogP contribution is -2.41. The Morgan fingerprint density at radius 2 is 2.00 bits per heavy atom. The molecule has 12 nitrogen and oxygen atoms in total. The monoisotopic (exact) mass is 573 g/mol. The van der Waals surface area contributed by atoms with Crippen LogP contribution in [0.1, 0.15) is 56.4 Å². The molecule has 1 aliphatic heterocycles. The minimum absolute atomic E-state index is 0.123. The summed E-state index contributed by atoms with van der Waals surface area (Å²) in [5.41, 5.74) is 3.68. The van der Waals surface area contributed by atoms with Crippen molar-refractivity contribution in [2.24, 2.45) is 0 Å². The summed E-state index contributed by atoms with van der Waals surface area (Å²) in [4.78, 5) is 31.7. The SMILES string of the molecule is CC(C)Nc1cc(-c2ccc3cc(C#N)cnn23)ncc1-c1nnc(C(=O)N2CC[C@H](NC(=O)OC(C)(C)C)C2)s1. The first-order valence-electron chi connectivity index (χ1n) is 13.3. The Morgan fingerprint density at radius 1 is 1.20 bits per heavy atom. The second-order valence-electron chi connectivity index (χ2n) is 11.1. The van der Waals surface area contributed by atoms with Crippen molar-refractivity contribution in [3.63, 3.8) is 0 Å². The third-order valence-corrected chi connectivity index (χ3v) is 7.22. The van der Waals surface area contributed by atoms with Crippen molar-refractivity contribution in [2.75, 3.05) is 18.4 Å². The number of amides is 2. The molecule has 0 spiro atoms. The van der Waals surface area contributed by atoms with E-state index in [4.69, 9.17) is 4.74 Å². The number of alkyl carbamates (subject to hydrolysis) is 1. The number of likely N-dealkylation sites (tertiary alicyclic amines) is 1. The molecule has 4 aromatic heterocycles. The Hall–Kier alpha value is -4.57. The van der Waals surface area contributed by atoms with Gasteiger partial charge >= 0.3 is 6.09 Å². The average molecular weight is 574 g/mol. The molecule has 0 unspecified atom stereocenters. The van der Waals surface area contributed by atoms with E-state index in [1.807, 2.05) is 32.0 Å². The van der Waals surface area contributed by atoms with E-state index < -0.39 is 11.7 Å². The van der Waals surface area contributed by atoms with Gasteiger partial charge in [0.25, 0.3) is 5.91 Å². The van der Waals surface area contributed by atoms with Gasteiger partial charge in [-0.1, -0.05) is 11.3 Å². The summed E-state index contributed by atoms with van der Waals surface area (Å²) in [6, 6.07) is 9.54. The Labute approximate surface area is 241 Å². The summed E-state index contributed by atoms with van der Waals surface area (Å²) in [7, 11) is 0. The van der Waals surface area contributed by atoms with Gasteiger partial charge in [-0.15, -0.1) is 10.2 Å². The van der Waals surface area contributed by atoms with Crippen LogP contribution in [0.5, 0.6) is 0 Å². The number of aromatic nitrogens is 5. The van der Waals surface area contributed by atoms with Crippen LogP contribution in [0.3, 0.4) is 0 Å². The highest BCUT2D eigenvalue weighted by molar-refractivity contribution is 7.16. The van der Waals surface area contributed by atoms with Gasteiger partial charge in [-0.25, -0.2) is 9.31 Å². The van der Waals surface area contributed by atoms with Gasteiger partial charge in [-0.3, -0.25) is 9.78 Å². The number of nitrogens with zero attached hydrogens (tertiary/aromatic N) is 7. The highest BCUT2D eigenvalue weighted by Crippen LogP contribution is 2.34. The van der Waals surface area contributed by atoms with E-state index in [2.05, 4.69) is 37.0 Å². The van der Waals surface area contributed by atoms with E-state index in [1.54, 1.807) is 42.4 Å². The molecule has 5 rings (SSSR count). The molecular formula is C28H31N9O3S. The Balaban J connectivity index is 1.35. The second kappa shape index (κ2) is 11.1. The fourth-order valence-electron chi connectivity index (χ4n) is 4.54. The van der Waals surface area contributed by atoms with Gasteiger partial charge in [-0.05, 0) is 65.3 Å². The third-order valence-electron chi connectivity index (χ3n) is 6.27. The molecular weight excluding hydrogens is 542 g/mol. The maximum atomic E-state index is 13.2. The van der Waals surface area contributed by atoms with Gasteiger partial charge in [0.05, 0.1) is 40.3 Å². The molecule has 0 aliphatic carbocycles. The van der Waals surface area contributed by atoms with Crippen molar-refractivity contribution >= 4 is 34.5 Å². The zero-order valence-electron chi connectivity index (χ0n) is 23.5. The van der Waals surface area contributed by atoms with Gasteiger partial charge in [0.15, 0.2) is 5.01 Å². The van der Waals surface area contributed by atoms with E-state index in [1.165, 1.54) is 17.5 Å². The molecule has 1 aliphatic rings. The lowest BCUT2D eigenvalue weighted by Gasteiger charge is -2.21. The fourth-order valence-corrected chi connectivity index (χ4v) is 5.38. The molecule has 1 atom stereocenters. The van der Waals surface area contributed by atoms with Crippen molar-refractivity contribution in [3.05, 3.63) is 47.2 Å². The van der Waals surface area contributed by atoms with E-state index in [0.717, 1.165) is 22.5 Å². The summed E-state index contributed by atoms with van der Waals surface area (Å²) in [5, 5.41) is 29.2. The van der Waals surface area contributed by atoms with Gasteiger partial charge in [0.1, 0.15) is 11.7 Å². The number of carbonyl (C=O) groups excluding carboxylic acids is 2. The molecule has 5 heterocycles. The van der Waals surface area contributed by atoms with Crippen molar-refractivity contribution in [3.8, 4) is 28.0 Å². The third kappa shape index (κ3) is 6.28. The molecule has 0 bridgehead atoms. The topological polar surface area (TPSA) is 150 Å². The van der Waals surface area contributed by atoms with Gasteiger partial charge in [-0.2, -0.15) is 10.4 Å². The molecule has 0 radical (unpaired) electrons. The number of nitrogens with one attached hydrogen (secondary N) is 2. The summed E-state index contributed by atoms with van der Waals surface area (Å²) in [6.07, 6.45) is 3.38. The predicted molar refractivity (Wildman–Crippen MR) is 154 cm³/mol. The standard InChI is InChI=1S/C28H31N9O3S/c1-16(2)32-21-11-22(23-7-6-19-10-17(12-29)13-31-37(19)23)30-14-20(21)24-34-35-25(41-24)26(38)36-9-8-18(15-36)33-27(39)40-28(3,4)5/h6-7,10-11,13-14,16,18H,8-9,15H2,1-5H3,(H,30,32)(H,33,39)/t18-/m0/s1. The van der Waals surface area contributed by atoms with Gasteiger partial charge < -0.3 is 20.3 Å². The number of hydrogen-bond acceptors (Lipinski definition) is 10. The summed E-state index contributed by atoms with van der Waals surface area (Å²) >= 11 is 1.20. The molecule has 13 heteroatoms. The zero-order chi connectivity index (χ0) is 29.3. The van der Waals surface area contributed by atoms with Crippen LogP contribution in [0, 0.1) is 11.3 Å². The second-order valence-corrected chi connectivity index (χ2v) is 12.1. The summed E-state index contributed by atoms with van der Waals surface area (Å²) in [5.74, 6) is -0.229. The lowest BCUT2D eigenvalue weighted by molar-refractivity contribution is 0.0502. The summed E-state index contributed by atoms with van der Waals surface area (Å²) < 4.78 is 7.07. The maximum absolute atomic E-state index is 13.2. The molecule has 1 fully saturated rings. The quantitative estimate of drug-likeness (QED) is 0.343. The number of ether oxygens (including phenoxy) is 1. The number of carbonyl (C=O) groups is 2. The largest absolute Gasteiger partial charge is 0.444 e. The fraction of sp³-hybridized carbons (Fsp3) is 0.393. The minimum Gasteiger partial charge on any atom is -0.444 e. The molecule has 2 amide bonds. The van der Waals surface area contributed by atoms with Crippen LogP contribution in [0.4, 0.5) is 10.5 Å². The number of hydrogen-bond donors (Lipinski definition) is 2. The van der Waals surface area contributed by atoms with Crippen LogP contribution in [0.2, 0.25) is 0 Å². The molecule has 0 aromatic carbocycles. The number of fused-ring (bicyclic) bond motifs is 1. The van der Waals surface area contributed by atoms with E-state index in [-0.39, 0.29) is 23.0 Å². The smallest absolute Gasteiger partial charge is 0.407 e. The van der Waals surface area contributed by atoms with Gasteiger partial charge in [0.2, 0.25) is 5.01 Å². The van der Waals surface area contributed by atoms with Crippen molar-refractivity contribution in [2.45, 2.75) is 58.7 Å². The van der Waals surface area contributed by atoms with Crippen LogP contribution in [-0.4, -0.2) is 72.5 Å². The van der Waals surface area contributed by atoms with E-state index in [9.17, 15) is 14.9 Å². The average Bonchev–Trinajstić information content (AvgIpc) is 3.66. The number of nitriles is 1. The first-order chi connectivity index (χ1) is 19.5. The number of rotatable bonds is 6. The number of anilines is 1. The molecule has 2 N–H and O–H groups in total. The predicted octanol–water partition coefficient (Wildman–Crippen LogP) is 4.35. The normalized spacial score (nSPS) is 15.2. The van der Waals surface area contributed by atoms with E-state index >= 15 is 0 Å². The molecule has 4 aromatic rings. The first-order valence-corrected chi connectivity index (χ1v) is 14.1. The van der Waals surface area contributed by atoms with Crippen molar-refractivity contribution in [1.29, 1.82) is 5.26 Å². The highest BCUT2D eigenvalue weighted by Gasteiger charge is 2.31. The van der Waals surface area contributed by atoms with E-state index in [0.29, 0.717) is 35.8 Å². The van der Waals surface area contributed by atoms with Crippen LogP contribution in [0.25, 0.3) is 27.5 Å². The zero-order valence-corrected chi connectivity index (χ0v) is 24.3. The first kappa shape index (κ1) is 28.0. The summed E-state index contributed by atoms with van der Waals surface area (Å²) in [6.45, 7) is 10.4. The molecule has 1 saturated heterocycles. The number of pyridine rings is 1. The van der Waals surface area contributed by atoms with Crippen LogP contribution in [-0.2, 0) is 4.74 Å².